The van der Waals surface area contributed by atoms with E-state index >= 15 is 0 Å². The van der Waals surface area contributed by atoms with Crippen LogP contribution in [0.15, 0.2) is 0 Å². The third kappa shape index (κ3) is 28.9. The molecule has 0 aromatic rings. The molecule has 0 aliphatic rings. The van der Waals surface area contributed by atoms with Crippen LogP contribution in [0.3, 0.4) is 0 Å². The van der Waals surface area contributed by atoms with E-state index in [0.29, 0.717) is 18.4 Å². The van der Waals surface area contributed by atoms with Gasteiger partial charge in [-0.3, -0.25) is 0 Å². The molecule has 0 fully saturated rings. The second-order valence-electron chi connectivity index (χ2n) is 17.5. The van der Waals surface area contributed by atoms with Crippen LogP contribution in [-0.2, 0) is 4.74 Å². The molecule has 0 radical (unpaired) electrons. The molecule has 3 nitrogen and oxygen atoms in total. The SMILES string of the molecule is CC(C)CCC[C@@H](C)CCC[C@@H](C)CCC[C@@H](C)CCOC(CO)[C@H](O)CC[C@H](C)CCC[C@H](C)CCC[C@H](C)CCCC(C)C. The van der Waals surface area contributed by atoms with E-state index in [2.05, 4.69) is 69.2 Å². The summed E-state index contributed by atoms with van der Waals surface area (Å²) in [6, 6.07) is 0. The first-order valence-electron chi connectivity index (χ1n) is 20.7. The molecule has 2 N–H and O–H groups in total. The number of aliphatic hydroxyl groups is 2. The Morgan fingerprint density at radius 3 is 0.957 bits per heavy atom. The average molecular weight is 653 g/mol. The number of rotatable bonds is 33. The maximum absolute atomic E-state index is 10.7. The van der Waals surface area contributed by atoms with Gasteiger partial charge in [-0.15, -0.1) is 0 Å². The summed E-state index contributed by atoms with van der Waals surface area (Å²) in [4.78, 5) is 0. The van der Waals surface area contributed by atoms with Crippen LogP contribution < -0.4 is 0 Å². The summed E-state index contributed by atoms with van der Waals surface area (Å²) in [5, 5.41) is 20.6. The molecule has 278 valence electrons. The van der Waals surface area contributed by atoms with E-state index in [1.165, 1.54) is 116 Å². The molecular formula is C43H88O3. The van der Waals surface area contributed by atoms with Crippen molar-refractivity contribution in [1.82, 2.24) is 0 Å². The summed E-state index contributed by atoms with van der Waals surface area (Å²) in [7, 11) is 0. The van der Waals surface area contributed by atoms with Gasteiger partial charge in [-0.25, -0.2) is 0 Å². The smallest absolute Gasteiger partial charge is 0.106 e. The summed E-state index contributed by atoms with van der Waals surface area (Å²) in [6.45, 7) is 24.3. The van der Waals surface area contributed by atoms with Crippen molar-refractivity contribution in [3.8, 4) is 0 Å². The van der Waals surface area contributed by atoms with Crippen molar-refractivity contribution in [2.24, 2.45) is 47.3 Å². The normalized spacial score (nSPS) is 17.6. The van der Waals surface area contributed by atoms with Crippen molar-refractivity contribution in [1.29, 1.82) is 0 Å². The first-order chi connectivity index (χ1) is 21.8. The van der Waals surface area contributed by atoms with E-state index < -0.39 is 12.2 Å². The predicted molar refractivity (Wildman–Crippen MR) is 204 cm³/mol. The van der Waals surface area contributed by atoms with Crippen LogP contribution in [0.4, 0.5) is 0 Å². The minimum Gasteiger partial charge on any atom is -0.394 e. The molecule has 0 aliphatic heterocycles. The Bertz CT molecular complexity index is 634. The van der Waals surface area contributed by atoms with Crippen molar-refractivity contribution in [2.45, 2.75) is 216 Å². The molecule has 0 saturated heterocycles. The Hall–Kier alpha value is -0.120. The number of hydrogen-bond donors (Lipinski definition) is 2. The van der Waals surface area contributed by atoms with Crippen molar-refractivity contribution in [2.75, 3.05) is 13.2 Å². The molecular weight excluding hydrogens is 564 g/mol. The van der Waals surface area contributed by atoms with Crippen LogP contribution in [0.25, 0.3) is 0 Å². The van der Waals surface area contributed by atoms with Crippen molar-refractivity contribution < 1.29 is 14.9 Å². The van der Waals surface area contributed by atoms with Crippen LogP contribution in [-0.4, -0.2) is 35.6 Å². The van der Waals surface area contributed by atoms with Crippen molar-refractivity contribution in [3.63, 3.8) is 0 Å². The predicted octanol–water partition coefficient (Wildman–Crippen LogP) is 13.0. The zero-order valence-electron chi connectivity index (χ0n) is 33.3. The van der Waals surface area contributed by atoms with E-state index in [-0.39, 0.29) is 6.61 Å². The molecule has 0 aromatic carbocycles. The molecule has 0 heterocycles. The van der Waals surface area contributed by atoms with Gasteiger partial charge in [-0.2, -0.15) is 0 Å². The van der Waals surface area contributed by atoms with Crippen LogP contribution >= 0.6 is 0 Å². The molecule has 1 unspecified atom stereocenters. The van der Waals surface area contributed by atoms with E-state index in [9.17, 15) is 10.2 Å². The van der Waals surface area contributed by atoms with Crippen LogP contribution in [0, 0.1) is 47.3 Å². The molecule has 0 aliphatic carbocycles. The molecule has 0 aromatic heterocycles. The number of hydrogen-bond acceptors (Lipinski definition) is 3. The summed E-state index contributed by atoms with van der Waals surface area (Å²) in [5.74, 6) is 6.34. The van der Waals surface area contributed by atoms with Gasteiger partial charge < -0.3 is 14.9 Å². The highest BCUT2D eigenvalue weighted by molar-refractivity contribution is 4.71. The van der Waals surface area contributed by atoms with Gasteiger partial charge in [0, 0.05) is 6.61 Å². The zero-order valence-corrected chi connectivity index (χ0v) is 33.3. The van der Waals surface area contributed by atoms with Gasteiger partial charge in [0.25, 0.3) is 0 Å². The first-order valence-corrected chi connectivity index (χ1v) is 20.7. The lowest BCUT2D eigenvalue weighted by molar-refractivity contribution is -0.0699. The highest BCUT2D eigenvalue weighted by Crippen LogP contribution is 2.25. The van der Waals surface area contributed by atoms with Crippen LogP contribution in [0.5, 0.6) is 0 Å². The molecule has 0 bridgehead atoms. The van der Waals surface area contributed by atoms with Crippen molar-refractivity contribution >= 4 is 0 Å². The summed E-state index contributed by atoms with van der Waals surface area (Å²) in [5.41, 5.74) is 0. The Morgan fingerprint density at radius 2 is 0.652 bits per heavy atom. The summed E-state index contributed by atoms with van der Waals surface area (Å²) in [6.07, 6.45) is 26.1. The van der Waals surface area contributed by atoms with Gasteiger partial charge in [0.1, 0.15) is 6.10 Å². The molecule has 3 heteroatoms. The fourth-order valence-electron chi connectivity index (χ4n) is 7.22. The van der Waals surface area contributed by atoms with Crippen LogP contribution in [0.1, 0.15) is 204 Å². The topological polar surface area (TPSA) is 49.7 Å². The highest BCUT2D eigenvalue weighted by atomic mass is 16.5. The number of ether oxygens (including phenoxy) is 1. The summed E-state index contributed by atoms with van der Waals surface area (Å²) >= 11 is 0. The third-order valence-corrected chi connectivity index (χ3v) is 11.0. The lowest BCUT2D eigenvalue weighted by atomic mass is 9.90. The monoisotopic (exact) mass is 653 g/mol. The standard InChI is InChI=1S/C43H88O3/c1-34(2)17-11-19-36(5)21-13-23-38(7)25-15-27-40(9)29-30-42(45)43(33-44)46-32-31-41(10)28-16-26-39(8)24-14-22-37(6)20-12-18-35(3)4/h34-45H,11-33H2,1-10H3/t36-,37-,38-,39-,40-,41-,42-,43?/m1/s1. The number of aliphatic hydroxyl groups excluding tert-OH is 2. The van der Waals surface area contributed by atoms with Crippen molar-refractivity contribution in [3.05, 3.63) is 0 Å². The van der Waals surface area contributed by atoms with E-state index in [1.54, 1.807) is 0 Å². The lowest BCUT2D eigenvalue weighted by Crippen LogP contribution is -2.33. The lowest BCUT2D eigenvalue weighted by Gasteiger charge is -2.24. The van der Waals surface area contributed by atoms with Gasteiger partial charge in [-0.1, -0.05) is 185 Å². The molecule has 0 amide bonds. The molecule has 0 rings (SSSR count). The maximum Gasteiger partial charge on any atom is 0.106 e. The molecule has 0 saturated carbocycles. The van der Waals surface area contributed by atoms with E-state index in [4.69, 9.17) is 4.74 Å². The van der Waals surface area contributed by atoms with Gasteiger partial charge >= 0.3 is 0 Å². The summed E-state index contributed by atoms with van der Waals surface area (Å²) < 4.78 is 6.00. The molecule has 8 atom stereocenters. The molecule has 46 heavy (non-hydrogen) atoms. The van der Waals surface area contributed by atoms with Gasteiger partial charge in [0.2, 0.25) is 0 Å². The highest BCUT2D eigenvalue weighted by Gasteiger charge is 2.20. The third-order valence-electron chi connectivity index (χ3n) is 11.0. The van der Waals surface area contributed by atoms with E-state index in [0.717, 1.165) is 54.8 Å². The average Bonchev–Trinajstić information content (AvgIpc) is 2.97. The minimum atomic E-state index is -0.567. The Morgan fingerprint density at radius 1 is 0.370 bits per heavy atom. The fraction of sp³-hybridized carbons (Fsp3) is 1.00. The van der Waals surface area contributed by atoms with Crippen LogP contribution in [0.2, 0.25) is 0 Å². The Labute approximate surface area is 291 Å². The van der Waals surface area contributed by atoms with Gasteiger partial charge in [0.05, 0.1) is 12.7 Å². The quantitative estimate of drug-likeness (QED) is 0.0741. The van der Waals surface area contributed by atoms with Gasteiger partial charge in [0.15, 0.2) is 0 Å². The van der Waals surface area contributed by atoms with Gasteiger partial charge in [-0.05, 0) is 66.6 Å². The Balaban J connectivity index is 3.93. The largest absolute Gasteiger partial charge is 0.394 e. The second kappa shape index (κ2) is 29.8. The zero-order chi connectivity index (χ0) is 34.7. The minimum absolute atomic E-state index is 0.0916. The first kappa shape index (κ1) is 45.9. The second-order valence-corrected chi connectivity index (χ2v) is 17.5. The Kier molecular flexibility index (Phi) is 29.7. The molecule has 0 spiro atoms. The van der Waals surface area contributed by atoms with E-state index in [1.807, 2.05) is 0 Å². The maximum atomic E-state index is 10.7. The fourth-order valence-corrected chi connectivity index (χ4v) is 7.22.